The van der Waals surface area contributed by atoms with Gasteiger partial charge in [-0.15, -0.1) is 10.2 Å². The SMILES string of the molecule is Cc1nncn1-c1cccc(NC(=O)c2nn(-c3ccccc3F)c3c2CCC3)c1. The second-order valence-electron chi connectivity index (χ2n) is 7.24. The van der Waals surface area contributed by atoms with Crippen LogP contribution in [0.5, 0.6) is 0 Å². The molecule has 2 heterocycles. The lowest BCUT2D eigenvalue weighted by Crippen LogP contribution is -2.15. The maximum atomic E-state index is 14.3. The number of benzene rings is 2. The summed E-state index contributed by atoms with van der Waals surface area (Å²) in [5, 5.41) is 15.3. The highest BCUT2D eigenvalue weighted by molar-refractivity contribution is 6.04. The molecule has 8 heteroatoms. The molecule has 0 saturated heterocycles. The Morgan fingerprint density at radius 3 is 2.80 bits per heavy atom. The summed E-state index contributed by atoms with van der Waals surface area (Å²) in [5.41, 5.74) is 3.98. The molecule has 1 aliphatic rings. The Bertz CT molecular complexity index is 1260. The van der Waals surface area contributed by atoms with Crippen molar-refractivity contribution in [3.63, 3.8) is 0 Å². The molecule has 0 spiro atoms. The van der Waals surface area contributed by atoms with Crippen LogP contribution in [0.25, 0.3) is 11.4 Å². The van der Waals surface area contributed by atoms with Crippen molar-refractivity contribution >= 4 is 11.6 Å². The van der Waals surface area contributed by atoms with E-state index >= 15 is 0 Å². The lowest BCUT2D eigenvalue weighted by molar-refractivity contribution is 0.102. The van der Waals surface area contributed by atoms with Gasteiger partial charge in [-0.3, -0.25) is 9.36 Å². The van der Waals surface area contributed by atoms with E-state index in [1.54, 1.807) is 29.2 Å². The van der Waals surface area contributed by atoms with Crippen molar-refractivity contribution in [2.75, 3.05) is 5.32 Å². The monoisotopic (exact) mass is 402 g/mol. The normalized spacial score (nSPS) is 12.7. The number of hydrogen-bond donors (Lipinski definition) is 1. The van der Waals surface area contributed by atoms with Crippen molar-refractivity contribution < 1.29 is 9.18 Å². The maximum Gasteiger partial charge on any atom is 0.276 e. The number of halogens is 1. The third kappa shape index (κ3) is 3.06. The molecule has 1 N–H and O–H groups in total. The van der Waals surface area contributed by atoms with Gasteiger partial charge in [0.2, 0.25) is 0 Å². The topological polar surface area (TPSA) is 77.6 Å². The number of fused-ring (bicyclic) bond motifs is 1. The molecule has 1 aliphatic carbocycles. The first-order valence-electron chi connectivity index (χ1n) is 9.76. The van der Waals surface area contributed by atoms with E-state index in [9.17, 15) is 9.18 Å². The van der Waals surface area contributed by atoms with Crippen molar-refractivity contribution in [1.29, 1.82) is 0 Å². The molecule has 0 bridgehead atoms. The summed E-state index contributed by atoms with van der Waals surface area (Å²) in [6.07, 6.45) is 4.07. The molecule has 2 aromatic heterocycles. The minimum atomic E-state index is -0.362. The lowest BCUT2D eigenvalue weighted by Gasteiger charge is -2.08. The Hall–Kier alpha value is -3.81. The van der Waals surface area contributed by atoms with Crippen molar-refractivity contribution in [2.45, 2.75) is 26.2 Å². The predicted octanol–water partition coefficient (Wildman–Crippen LogP) is 3.64. The number of amides is 1. The van der Waals surface area contributed by atoms with Crippen LogP contribution < -0.4 is 5.32 Å². The van der Waals surface area contributed by atoms with Crippen LogP contribution in [-0.2, 0) is 12.8 Å². The summed E-state index contributed by atoms with van der Waals surface area (Å²) in [4.78, 5) is 13.1. The van der Waals surface area contributed by atoms with Crippen LogP contribution in [0.1, 0.15) is 34.0 Å². The summed E-state index contributed by atoms with van der Waals surface area (Å²) in [6.45, 7) is 1.86. The van der Waals surface area contributed by atoms with E-state index in [0.29, 0.717) is 17.1 Å². The smallest absolute Gasteiger partial charge is 0.276 e. The van der Waals surface area contributed by atoms with E-state index in [4.69, 9.17) is 0 Å². The fraction of sp³-hybridized carbons (Fsp3) is 0.182. The Kier molecular flexibility index (Phi) is 4.39. The van der Waals surface area contributed by atoms with Gasteiger partial charge in [0.1, 0.15) is 23.7 Å². The van der Waals surface area contributed by atoms with Gasteiger partial charge in [0, 0.05) is 16.9 Å². The van der Waals surface area contributed by atoms with Crippen LogP contribution in [0.2, 0.25) is 0 Å². The highest BCUT2D eigenvalue weighted by atomic mass is 19.1. The van der Waals surface area contributed by atoms with E-state index in [1.165, 1.54) is 6.07 Å². The zero-order chi connectivity index (χ0) is 20.7. The van der Waals surface area contributed by atoms with E-state index in [0.717, 1.165) is 42.0 Å². The van der Waals surface area contributed by atoms with Gasteiger partial charge in [-0.25, -0.2) is 9.07 Å². The molecule has 0 unspecified atom stereocenters. The number of para-hydroxylation sites is 1. The lowest BCUT2D eigenvalue weighted by atomic mass is 10.2. The zero-order valence-corrected chi connectivity index (χ0v) is 16.3. The van der Waals surface area contributed by atoms with Crippen LogP contribution in [0.3, 0.4) is 0 Å². The molecule has 5 rings (SSSR count). The molecule has 2 aromatic carbocycles. The number of aryl methyl sites for hydroxylation is 1. The number of carbonyl (C=O) groups is 1. The van der Waals surface area contributed by atoms with E-state index in [2.05, 4.69) is 20.6 Å². The molecule has 0 saturated carbocycles. The minimum Gasteiger partial charge on any atom is -0.321 e. The zero-order valence-electron chi connectivity index (χ0n) is 16.3. The third-order valence-corrected chi connectivity index (χ3v) is 5.33. The van der Waals surface area contributed by atoms with Crippen LogP contribution >= 0.6 is 0 Å². The van der Waals surface area contributed by atoms with E-state index in [-0.39, 0.29) is 11.7 Å². The first kappa shape index (κ1) is 18.2. The van der Waals surface area contributed by atoms with Gasteiger partial charge in [0.05, 0.1) is 5.69 Å². The van der Waals surface area contributed by atoms with Gasteiger partial charge in [-0.1, -0.05) is 18.2 Å². The van der Waals surface area contributed by atoms with Crippen LogP contribution in [0, 0.1) is 12.7 Å². The molecule has 30 heavy (non-hydrogen) atoms. The number of nitrogens with one attached hydrogen (secondary N) is 1. The minimum absolute atomic E-state index is 0.305. The molecular formula is C22H19FN6O. The largest absolute Gasteiger partial charge is 0.321 e. The number of anilines is 1. The van der Waals surface area contributed by atoms with Crippen LogP contribution in [-0.4, -0.2) is 30.5 Å². The molecular weight excluding hydrogens is 383 g/mol. The fourth-order valence-electron chi connectivity index (χ4n) is 3.91. The fourth-order valence-corrected chi connectivity index (χ4v) is 3.91. The number of carbonyl (C=O) groups excluding carboxylic acids is 1. The molecule has 0 fully saturated rings. The molecule has 0 atom stereocenters. The van der Waals surface area contributed by atoms with Crippen molar-refractivity contribution in [2.24, 2.45) is 0 Å². The second kappa shape index (κ2) is 7.22. The maximum absolute atomic E-state index is 14.3. The Morgan fingerprint density at radius 2 is 2.00 bits per heavy atom. The predicted molar refractivity (Wildman–Crippen MR) is 110 cm³/mol. The molecule has 7 nitrogen and oxygen atoms in total. The van der Waals surface area contributed by atoms with Crippen molar-refractivity contribution in [3.05, 3.63) is 83.5 Å². The van der Waals surface area contributed by atoms with Gasteiger partial charge in [-0.2, -0.15) is 5.10 Å². The van der Waals surface area contributed by atoms with Gasteiger partial charge < -0.3 is 5.32 Å². The number of nitrogens with zero attached hydrogens (tertiary/aromatic N) is 5. The van der Waals surface area contributed by atoms with Crippen molar-refractivity contribution in [1.82, 2.24) is 24.5 Å². The third-order valence-electron chi connectivity index (χ3n) is 5.33. The standard InChI is InChI=1S/C22H19FN6O/c1-14-26-24-13-28(14)16-7-4-6-15(12-16)25-22(30)21-17-8-5-11-19(17)29(27-21)20-10-3-2-9-18(20)23/h2-4,6-7,9-10,12-13H,5,8,11H2,1H3,(H,25,30). The summed E-state index contributed by atoms with van der Waals surface area (Å²) < 4.78 is 17.7. The first-order valence-corrected chi connectivity index (χ1v) is 9.76. The van der Waals surface area contributed by atoms with Gasteiger partial charge in [0.15, 0.2) is 5.69 Å². The molecule has 150 valence electrons. The Labute approximate surface area is 172 Å². The molecule has 0 aliphatic heterocycles. The van der Waals surface area contributed by atoms with Gasteiger partial charge in [0.25, 0.3) is 5.91 Å². The van der Waals surface area contributed by atoms with Crippen LogP contribution in [0.4, 0.5) is 10.1 Å². The number of hydrogen-bond acceptors (Lipinski definition) is 4. The summed E-state index contributed by atoms with van der Waals surface area (Å²) >= 11 is 0. The van der Waals surface area contributed by atoms with E-state index < -0.39 is 0 Å². The molecule has 1 amide bonds. The number of aromatic nitrogens is 5. The second-order valence-corrected chi connectivity index (χ2v) is 7.24. The van der Waals surface area contributed by atoms with Crippen molar-refractivity contribution in [3.8, 4) is 11.4 Å². The van der Waals surface area contributed by atoms with Gasteiger partial charge in [-0.05, 0) is 56.5 Å². The number of rotatable bonds is 4. The average molecular weight is 402 g/mol. The van der Waals surface area contributed by atoms with Gasteiger partial charge >= 0.3 is 0 Å². The van der Waals surface area contributed by atoms with Crippen LogP contribution in [0.15, 0.2) is 54.9 Å². The quantitative estimate of drug-likeness (QED) is 0.565. The Balaban J connectivity index is 1.48. The molecule has 4 aromatic rings. The summed E-state index contributed by atoms with van der Waals surface area (Å²) in [6, 6.07) is 13.9. The highest BCUT2D eigenvalue weighted by Gasteiger charge is 2.27. The summed E-state index contributed by atoms with van der Waals surface area (Å²) in [5.74, 6) is 0.0828. The molecule has 0 radical (unpaired) electrons. The van der Waals surface area contributed by atoms with E-state index in [1.807, 2.05) is 35.8 Å². The average Bonchev–Trinajstić information content (AvgIpc) is 3.45. The summed E-state index contributed by atoms with van der Waals surface area (Å²) in [7, 11) is 0. The highest BCUT2D eigenvalue weighted by Crippen LogP contribution is 2.29. The Morgan fingerprint density at radius 1 is 1.13 bits per heavy atom. The first-order chi connectivity index (χ1) is 14.6.